The van der Waals surface area contributed by atoms with Crippen LogP contribution in [0.25, 0.3) is 0 Å². The van der Waals surface area contributed by atoms with Gasteiger partial charge >= 0.3 is 0 Å². The topological polar surface area (TPSA) is 86.8 Å². The molecule has 7 nitrogen and oxygen atoms in total. The zero-order valence-corrected chi connectivity index (χ0v) is 19.3. The molecule has 0 aromatic heterocycles. The van der Waals surface area contributed by atoms with Crippen molar-refractivity contribution in [1.29, 1.82) is 0 Å². The second kappa shape index (κ2) is 9.03. The number of nitrogens with one attached hydrogen (secondary N) is 1. The Hall–Kier alpha value is -2.71. The van der Waals surface area contributed by atoms with E-state index < -0.39 is 10.0 Å². The number of hydrogen-bond donors (Lipinski definition) is 1. The molecule has 2 saturated heterocycles. The van der Waals surface area contributed by atoms with E-state index in [-0.39, 0.29) is 35.1 Å². The van der Waals surface area contributed by atoms with Crippen LogP contribution < -0.4 is 9.62 Å². The molecular formula is C24H29N3O4S. The molecule has 4 rings (SSSR count). The zero-order valence-electron chi connectivity index (χ0n) is 18.5. The van der Waals surface area contributed by atoms with Crippen molar-refractivity contribution in [3.8, 4) is 0 Å². The third kappa shape index (κ3) is 4.86. The Morgan fingerprint density at radius 1 is 0.938 bits per heavy atom. The van der Waals surface area contributed by atoms with E-state index in [9.17, 15) is 18.0 Å². The van der Waals surface area contributed by atoms with Crippen molar-refractivity contribution in [2.24, 2.45) is 5.92 Å². The summed E-state index contributed by atoms with van der Waals surface area (Å²) in [7, 11) is -3.58. The standard InChI is InChI=1S/C24H29N3O4S/c1-17-3-7-21(8-4-17)27-16-19(15-23(27)28)24(29)26-13-11-20(12-14-26)25-32(30,31)22-9-5-18(2)6-10-22/h3-10,19-20,25H,11-16H2,1-2H3/t19-/m1/s1. The Morgan fingerprint density at radius 2 is 1.50 bits per heavy atom. The first-order valence-electron chi connectivity index (χ1n) is 11.0. The maximum absolute atomic E-state index is 13.0. The van der Waals surface area contributed by atoms with Gasteiger partial charge in [-0.25, -0.2) is 13.1 Å². The lowest BCUT2D eigenvalue weighted by Crippen LogP contribution is -2.48. The summed E-state index contributed by atoms with van der Waals surface area (Å²) in [6.45, 7) is 5.26. The lowest BCUT2D eigenvalue weighted by atomic mass is 10.0. The number of piperidine rings is 1. The Morgan fingerprint density at radius 3 is 2.09 bits per heavy atom. The van der Waals surface area contributed by atoms with Crippen molar-refractivity contribution in [2.75, 3.05) is 24.5 Å². The molecule has 1 N–H and O–H groups in total. The number of amides is 2. The first-order chi connectivity index (χ1) is 15.2. The molecule has 170 valence electrons. The van der Waals surface area contributed by atoms with Gasteiger partial charge in [0.05, 0.1) is 10.8 Å². The Bertz CT molecular complexity index is 1090. The molecule has 2 heterocycles. The quantitative estimate of drug-likeness (QED) is 0.751. The molecule has 1 atom stereocenters. The lowest BCUT2D eigenvalue weighted by Gasteiger charge is -2.33. The van der Waals surface area contributed by atoms with Crippen LogP contribution in [0.15, 0.2) is 53.4 Å². The van der Waals surface area contributed by atoms with Crippen LogP contribution in [0.4, 0.5) is 5.69 Å². The highest BCUT2D eigenvalue weighted by atomic mass is 32.2. The van der Waals surface area contributed by atoms with Gasteiger partial charge in [0.25, 0.3) is 0 Å². The van der Waals surface area contributed by atoms with Crippen LogP contribution in [0, 0.1) is 19.8 Å². The number of carbonyl (C=O) groups excluding carboxylic acids is 2. The summed E-state index contributed by atoms with van der Waals surface area (Å²) in [4.78, 5) is 29.2. The Balaban J connectivity index is 1.32. The third-order valence-electron chi connectivity index (χ3n) is 6.28. The molecule has 2 aromatic rings. The molecule has 2 amide bonds. The number of sulfonamides is 1. The average molecular weight is 456 g/mol. The minimum atomic E-state index is -3.58. The molecule has 8 heteroatoms. The first-order valence-corrected chi connectivity index (χ1v) is 12.5. The molecule has 0 unspecified atom stereocenters. The number of anilines is 1. The van der Waals surface area contributed by atoms with Crippen molar-refractivity contribution >= 4 is 27.5 Å². The van der Waals surface area contributed by atoms with E-state index in [1.54, 1.807) is 34.1 Å². The molecule has 2 aromatic carbocycles. The molecule has 0 saturated carbocycles. The van der Waals surface area contributed by atoms with Gasteiger partial charge in [0.15, 0.2) is 0 Å². The predicted molar refractivity (Wildman–Crippen MR) is 123 cm³/mol. The Kier molecular flexibility index (Phi) is 6.35. The number of likely N-dealkylation sites (tertiary alicyclic amines) is 1. The van der Waals surface area contributed by atoms with Crippen molar-refractivity contribution in [3.05, 3.63) is 59.7 Å². The highest BCUT2D eigenvalue weighted by Gasteiger charge is 2.38. The van der Waals surface area contributed by atoms with Crippen molar-refractivity contribution < 1.29 is 18.0 Å². The number of hydrogen-bond acceptors (Lipinski definition) is 4. The SMILES string of the molecule is Cc1ccc(N2C[C@H](C(=O)N3CCC(NS(=O)(=O)c4ccc(C)cc4)CC3)CC2=O)cc1. The molecule has 0 spiro atoms. The van der Waals surface area contributed by atoms with Crippen molar-refractivity contribution in [3.63, 3.8) is 0 Å². The first kappa shape index (κ1) is 22.5. The normalized spacial score (nSPS) is 20.1. The fourth-order valence-electron chi connectivity index (χ4n) is 4.33. The third-order valence-corrected chi connectivity index (χ3v) is 7.82. The summed E-state index contributed by atoms with van der Waals surface area (Å²) in [6, 6.07) is 14.3. The van der Waals surface area contributed by atoms with Crippen molar-refractivity contribution in [2.45, 2.75) is 44.0 Å². The smallest absolute Gasteiger partial charge is 0.240 e. The Labute approximate surface area is 189 Å². The fourth-order valence-corrected chi connectivity index (χ4v) is 5.63. The van der Waals surface area contributed by atoms with Crippen LogP contribution in [0.1, 0.15) is 30.4 Å². The summed E-state index contributed by atoms with van der Waals surface area (Å²) in [6.07, 6.45) is 1.32. The van der Waals surface area contributed by atoms with Gasteiger partial charge in [0.1, 0.15) is 0 Å². The van der Waals surface area contributed by atoms with E-state index in [1.807, 2.05) is 38.1 Å². The summed E-state index contributed by atoms with van der Waals surface area (Å²) >= 11 is 0. The monoisotopic (exact) mass is 455 g/mol. The van der Waals surface area contributed by atoms with Gasteiger partial charge in [-0.1, -0.05) is 35.4 Å². The summed E-state index contributed by atoms with van der Waals surface area (Å²) in [5.41, 5.74) is 2.94. The van der Waals surface area contributed by atoms with Gasteiger partial charge in [-0.3, -0.25) is 9.59 Å². The van der Waals surface area contributed by atoms with Gasteiger partial charge < -0.3 is 9.80 Å². The van der Waals surface area contributed by atoms with E-state index >= 15 is 0 Å². The fraction of sp³-hybridized carbons (Fsp3) is 0.417. The minimum Gasteiger partial charge on any atom is -0.342 e. The summed E-state index contributed by atoms with van der Waals surface area (Å²) in [5.74, 6) is -0.412. The van der Waals surface area contributed by atoms with Gasteiger partial charge in [-0.2, -0.15) is 0 Å². The molecule has 0 aliphatic carbocycles. The van der Waals surface area contributed by atoms with E-state index in [0.29, 0.717) is 32.5 Å². The van der Waals surface area contributed by atoms with E-state index in [2.05, 4.69) is 4.72 Å². The highest BCUT2D eigenvalue weighted by molar-refractivity contribution is 7.89. The molecule has 0 bridgehead atoms. The van der Waals surface area contributed by atoms with Crippen LogP contribution in [-0.4, -0.2) is 50.8 Å². The molecule has 32 heavy (non-hydrogen) atoms. The largest absolute Gasteiger partial charge is 0.342 e. The molecule has 2 fully saturated rings. The van der Waals surface area contributed by atoms with E-state index in [4.69, 9.17) is 0 Å². The van der Waals surface area contributed by atoms with E-state index in [1.165, 1.54) is 0 Å². The summed E-state index contributed by atoms with van der Waals surface area (Å²) < 4.78 is 28.0. The van der Waals surface area contributed by atoms with Gasteiger partial charge in [0, 0.05) is 37.8 Å². The second-order valence-corrected chi connectivity index (χ2v) is 10.5. The summed E-state index contributed by atoms with van der Waals surface area (Å²) in [5, 5.41) is 0. The molecule has 2 aliphatic rings. The van der Waals surface area contributed by atoms with Crippen LogP contribution in [-0.2, 0) is 19.6 Å². The average Bonchev–Trinajstić information content (AvgIpc) is 3.16. The van der Waals surface area contributed by atoms with Crippen LogP contribution in [0.2, 0.25) is 0 Å². The molecule has 2 aliphatic heterocycles. The predicted octanol–water partition coefficient (Wildman–Crippen LogP) is 2.63. The van der Waals surface area contributed by atoms with E-state index in [0.717, 1.165) is 16.8 Å². The van der Waals surface area contributed by atoms with Crippen molar-refractivity contribution in [1.82, 2.24) is 9.62 Å². The zero-order chi connectivity index (χ0) is 22.9. The number of benzene rings is 2. The molecular weight excluding hydrogens is 426 g/mol. The maximum atomic E-state index is 13.0. The molecule has 0 radical (unpaired) electrons. The number of carbonyl (C=O) groups is 2. The second-order valence-electron chi connectivity index (χ2n) is 8.77. The lowest BCUT2D eigenvalue weighted by molar-refractivity contribution is -0.136. The highest BCUT2D eigenvalue weighted by Crippen LogP contribution is 2.27. The number of nitrogens with zero attached hydrogens (tertiary/aromatic N) is 2. The van der Waals surface area contributed by atoms with Crippen LogP contribution in [0.3, 0.4) is 0 Å². The van der Waals surface area contributed by atoms with Gasteiger partial charge in [-0.05, 0) is 51.0 Å². The van der Waals surface area contributed by atoms with Crippen LogP contribution >= 0.6 is 0 Å². The number of rotatable bonds is 5. The van der Waals surface area contributed by atoms with Crippen LogP contribution in [0.5, 0.6) is 0 Å². The van der Waals surface area contributed by atoms with Gasteiger partial charge in [0.2, 0.25) is 21.8 Å². The van der Waals surface area contributed by atoms with Gasteiger partial charge in [-0.15, -0.1) is 0 Å². The maximum Gasteiger partial charge on any atom is 0.240 e. The number of aryl methyl sites for hydroxylation is 2. The minimum absolute atomic E-state index is 0.0206.